The molecule has 0 fully saturated rings. The number of alkyl halides is 3. The molecule has 3 N–H and O–H groups in total. The summed E-state index contributed by atoms with van der Waals surface area (Å²) < 4.78 is 40.1. The fraction of sp³-hybridized carbons (Fsp3) is 0.167. The number of hydrogen-bond acceptors (Lipinski definition) is 3. The van der Waals surface area contributed by atoms with Crippen LogP contribution in [0.3, 0.4) is 0 Å². The van der Waals surface area contributed by atoms with Gasteiger partial charge in [-0.05, 0) is 18.2 Å². The van der Waals surface area contributed by atoms with Gasteiger partial charge in [0.1, 0.15) is 5.69 Å². The Morgan fingerprint density at radius 3 is 2.65 bits per heavy atom. The maximum absolute atomic E-state index is 12.9. The lowest BCUT2D eigenvalue weighted by molar-refractivity contribution is -0.136. The predicted octanol–water partition coefficient (Wildman–Crippen LogP) is 2.27. The molecule has 0 aliphatic rings. The van der Waals surface area contributed by atoms with E-state index in [0.717, 1.165) is 12.1 Å². The number of aryl methyl sites for hydroxylation is 1. The van der Waals surface area contributed by atoms with Gasteiger partial charge in [-0.15, -0.1) is 0 Å². The number of nitrogen functional groups attached to an aromatic ring is 1. The maximum Gasteiger partial charge on any atom is 0.418 e. The lowest BCUT2D eigenvalue weighted by atomic mass is 10.1. The van der Waals surface area contributed by atoms with Crippen molar-refractivity contribution in [3.8, 4) is 0 Å². The van der Waals surface area contributed by atoms with Crippen LogP contribution in [0.5, 0.6) is 0 Å². The molecular formula is C12H11F3N4O. The molecule has 0 saturated carbocycles. The molecule has 0 atom stereocenters. The molecule has 0 aliphatic carbocycles. The number of amides is 1. The van der Waals surface area contributed by atoms with Gasteiger partial charge >= 0.3 is 6.18 Å². The average Bonchev–Trinajstić information content (AvgIpc) is 2.77. The number of aromatic nitrogens is 2. The summed E-state index contributed by atoms with van der Waals surface area (Å²) in [4.78, 5) is 15.6. The molecule has 0 aliphatic heterocycles. The number of carbonyl (C=O) groups excluding carboxylic acids is 1. The number of imidazole rings is 1. The van der Waals surface area contributed by atoms with Gasteiger partial charge in [-0.25, -0.2) is 4.98 Å². The number of anilines is 2. The third kappa shape index (κ3) is 2.90. The van der Waals surface area contributed by atoms with Crippen LogP contribution < -0.4 is 11.1 Å². The fourth-order valence-electron chi connectivity index (χ4n) is 1.62. The van der Waals surface area contributed by atoms with Gasteiger partial charge in [-0.1, -0.05) is 0 Å². The highest BCUT2D eigenvalue weighted by Crippen LogP contribution is 2.36. The summed E-state index contributed by atoms with van der Waals surface area (Å²) in [5, 5.41) is 2.18. The van der Waals surface area contributed by atoms with Crippen molar-refractivity contribution < 1.29 is 18.0 Å². The van der Waals surface area contributed by atoms with Crippen molar-refractivity contribution >= 4 is 17.3 Å². The van der Waals surface area contributed by atoms with E-state index in [1.54, 1.807) is 7.05 Å². The van der Waals surface area contributed by atoms with Gasteiger partial charge in [-0.2, -0.15) is 13.2 Å². The van der Waals surface area contributed by atoms with Crippen LogP contribution in [0.4, 0.5) is 24.5 Å². The molecule has 2 aromatic rings. The van der Waals surface area contributed by atoms with E-state index < -0.39 is 17.6 Å². The van der Waals surface area contributed by atoms with Crippen molar-refractivity contribution in [1.29, 1.82) is 0 Å². The lowest BCUT2D eigenvalue weighted by Gasteiger charge is -2.13. The van der Waals surface area contributed by atoms with Crippen molar-refractivity contribution in [3.63, 3.8) is 0 Å². The van der Waals surface area contributed by atoms with Crippen LogP contribution in [0.2, 0.25) is 0 Å². The van der Waals surface area contributed by atoms with Crippen molar-refractivity contribution in [2.24, 2.45) is 7.05 Å². The monoisotopic (exact) mass is 284 g/mol. The number of rotatable bonds is 2. The Morgan fingerprint density at radius 1 is 1.40 bits per heavy atom. The van der Waals surface area contributed by atoms with Crippen LogP contribution in [-0.4, -0.2) is 15.5 Å². The van der Waals surface area contributed by atoms with Gasteiger partial charge in [0.05, 0.1) is 17.6 Å². The summed E-state index contributed by atoms with van der Waals surface area (Å²) in [5.41, 5.74) is 3.98. The number of hydrogen-bond donors (Lipinski definition) is 2. The van der Waals surface area contributed by atoms with Crippen LogP contribution in [0.15, 0.2) is 30.7 Å². The minimum atomic E-state index is -4.61. The Bertz CT molecular complexity index is 648. The molecule has 1 aromatic heterocycles. The fourth-order valence-corrected chi connectivity index (χ4v) is 1.62. The van der Waals surface area contributed by atoms with Crippen LogP contribution in [0.25, 0.3) is 0 Å². The summed E-state index contributed by atoms with van der Waals surface area (Å²) >= 11 is 0. The zero-order valence-electron chi connectivity index (χ0n) is 10.4. The minimum Gasteiger partial charge on any atom is -0.399 e. The first-order valence-corrected chi connectivity index (χ1v) is 5.53. The normalized spacial score (nSPS) is 11.4. The molecule has 0 radical (unpaired) electrons. The second-order valence-corrected chi connectivity index (χ2v) is 4.18. The summed E-state index contributed by atoms with van der Waals surface area (Å²) in [6.07, 6.45) is -1.83. The molecule has 1 aromatic carbocycles. The second-order valence-electron chi connectivity index (χ2n) is 4.18. The van der Waals surface area contributed by atoms with E-state index in [4.69, 9.17) is 5.73 Å². The SMILES string of the molecule is Cn1cnc(C(=O)Nc2ccc(N)cc2C(F)(F)F)c1. The Hall–Kier alpha value is -2.51. The molecule has 0 bridgehead atoms. The van der Waals surface area contributed by atoms with E-state index in [-0.39, 0.29) is 17.1 Å². The third-order valence-electron chi connectivity index (χ3n) is 2.53. The number of benzene rings is 1. The first-order valence-electron chi connectivity index (χ1n) is 5.53. The summed E-state index contributed by atoms with van der Waals surface area (Å²) in [7, 11) is 1.65. The Balaban J connectivity index is 2.32. The zero-order chi connectivity index (χ0) is 14.9. The van der Waals surface area contributed by atoms with Gasteiger partial charge in [0.15, 0.2) is 0 Å². The quantitative estimate of drug-likeness (QED) is 0.831. The largest absolute Gasteiger partial charge is 0.418 e. The summed E-state index contributed by atoms with van der Waals surface area (Å²) in [5.74, 6) is -0.721. The molecule has 20 heavy (non-hydrogen) atoms. The van der Waals surface area contributed by atoms with Gasteiger partial charge in [0.25, 0.3) is 5.91 Å². The number of nitrogens with one attached hydrogen (secondary N) is 1. The van der Waals surface area contributed by atoms with E-state index in [0.29, 0.717) is 0 Å². The van der Waals surface area contributed by atoms with Crippen LogP contribution in [0.1, 0.15) is 16.1 Å². The van der Waals surface area contributed by atoms with Crippen LogP contribution in [0, 0.1) is 0 Å². The molecule has 106 valence electrons. The molecule has 0 saturated heterocycles. The van der Waals surface area contributed by atoms with E-state index in [1.165, 1.54) is 23.2 Å². The smallest absolute Gasteiger partial charge is 0.399 e. The Kier molecular flexibility index (Phi) is 3.39. The van der Waals surface area contributed by atoms with Gasteiger partial charge in [0, 0.05) is 18.9 Å². The average molecular weight is 284 g/mol. The van der Waals surface area contributed by atoms with E-state index in [9.17, 15) is 18.0 Å². The Morgan fingerprint density at radius 2 is 2.10 bits per heavy atom. The molecular weight excluding hydrogens is 273 g/mol. The zero-order valence-corrected chi connectivity index (χ0v) is 10.4. The maximum atomic E-state index is 12.9. The van der Waals surface area contributed by atoms with Crippen molar-refractivity contribution in [2.75, 3.05) is 11.1 Å². The molecule has 2 rings (SSSR count). The summed E-state index contributed by atoms with van der Waals surface area (Å²) in [6.45, 7) is 0. The van der Waals surface area contributed by atoms with Gasteiger partial charge in [-0.3, -0.25) is 4.79 Å². The van der Waals surface area contributed by atoms with E-state index >= 15 is 0 Å². The van der Waals surface area contributed by atoms with Crippen LogP contribution >= 0.6 is 0 Å². The van der Waals surface area contributed by atoms with Crippen LogP contribution in [-0.2, 0) is 13.2 Å². The van der Waals surface area contributed by atoms with Gasteiger partial charge < -0.3 is 15.6 Å². The molecule has 0 unspecified atom stereocenters. The number of nitrogens with two attached hydrogens (primary N) is 1. The van der Waals surface area contributed by atoms with Crippen molar-refractivity contribution in [2.45, 2.75) is 6.18 Å². The van der Waals surface area contributed by atoms with Crippen molar-refractivity contribution in [3.05, 3.63) is 42.0 Å². The highest BCUT2D eigenvalue weighted by atomic mass is 19.4. The Labute approximate surface area is 112 Å². The van der Waals surface area contributed by atoms with Gasteiger partial charge in [0.2, 0.25) is 0 Å². The third-order valence-corrected chi connectivity index (χ3v) is 2.53. The molecule has 1 heterocycles. The predicted molar refractivity (Wildman–Crippen MR) is 67.0 cm³/mol. The minimum absolute atomic E-state index is 0.0254. The molecule has 0 spiro atoms. The highest BCUT2D eigenvalue weighted by molar-refractivity contribution is 6.03. The highest BCUT2D eigenvalue weighted by Gasteiger charge is 2.34. The molecule has 1 amide bonds. The number of halogens is 3. The summed E-state index contributed by atoms with van der Waals surface area (Å²) in [6, 6.07) is 3.16. The first kappa shape index (κ1) is 13.9. The first-order chi connectivity index (χ1) is 9.27. The topological polar surface area (TPSA) is 72.9 Å². The van der Waals surface area contributed by atoms with E-state index in [2.05, 4.69) is 10.3 Å². The second kappa shape index (κ2) is 4.87. The number of nitrogens with zero attached hydrogens (tertiary/aromatic N) is 2. The standard InChI is InChI=1S/C12H11F3N4O/c1-19-5-10(17-6-19)11(20)18-9-3-2-7(16)4-8(9)12(13,14)15/h2-6H,16H2,1H3,(H,18,20). The molecule has 8 heteroatoms. The van der Waals surface area contributed by atoms with Crippen molar-refractivity contribution in [1.82, 2.24) is 9.55 Å². The lowest BCUT2D eigenvalue weighted by Crippen LogP contribution is -2.17. The number of carbonyl (C=O) groups is 1. The van der Waals surface area contributed by atoms with E-state index in [1.807, 2.05) is 0 Å². The molecule has 5 nitrogen and oxygen atoms in total.